The lowest BCUT2D eigenvalue weighted by atomic mass is 10.00. The van der Waals surface area contributed by atoms with Crippen LogP contribution < -0.4 is 15.0 Å². The van der Waals surface area contributed by atoms with Crippen molar-refractivity contribution < 1.29 is 23.0 Å². The van der Waals surface area contributed by atoms with Gasteiger partial charge in [0.15, 0.2) is 11.0 Å². The molecule has 10 nitrogen and oxygen atoms in total. The Morgan fingerprint density at radius 3 is 2.61 bits per heavy atom. The van der Waals surface area contributed by atoms with Crippen LogP contribution in [0.2, 0.25) is 0 Å². The Hall–Kier alpha value is -4.44. The monoisotopic (exact) mass is 539 g/mol. The highest BCUT2D eigenvalue weighted by molar-refractivity contribution is 7.16. The number of thiazole rings is 1. The lowest BCUT2D eigenvalue weighted by molar-refractivity contribution is 0.102. The summed E-state index contributed by atoms with van der Waals surface area (Å²) < 4.78 is 37.4. The van der Waals surface area contributed by atoms with Gasteiger partial charge < -0.3 is 9.47 Å². The third-order valence-electron chi connectivity index (χ3n) is 5.36. The first-order valence-corrected chi connectivity index (χ1v) is 12.1. The van der Waals surface area contributed by atoms with Crippen LogP contribution in [-0.2, 0) is 4.74 Å². The number of hydrogen-bond donors (Lipinski definition) is 3. The van der Waals surface area contributed by atoms with Crippen LogP contribution in [0.25, 0.3) is 11.1 Å². The summed E-state index contributed by atoms with van der Waals surface area (Å²) in [6.07, 6.45) is 3.30. The Bertz CT molecular complexity index is 1460. The molecule has 38 heavy (non-hydrogen) atoms. The van der Waals surface area contributed by atoms with Crippen molar-refractivity contribution in [3.8, 4) is 28.7 Å². The minimum Gasteiger partial charge on any atom is -0.494 e. The summed E-state index contributed by atoms with van der Waals surface area (Å²) in [5.41, 5.74) is -0.0902. The van der Waals surface area contributed by atoms with E-state index < -0.39 is 24.0 Å². The van der Waals surface area contributed by atoms with Crippen LogP contribution in [0.5, 0.6) is 5.75 Å². The maximum absolute atomic E-state index is 13.5. The van der Waals surface area contributed by atoms with Gasteiger partial charge in [-0.25, -0.2) is 18.7 Å². The molecule has 0 unspecified atom stereocenters. The van der Waals surface area contributed by atoms with E-state index in [9.17, 15) is 13.6 Å². The van der Waals surface area contributed by atoms with Gasteiger partial charge in [0.05, 0.1) is 29.9 Å². The van der Waals surface area contributed by atoms with Crippen molar-refractivity contribution in [3.63, 3.8) is 0 Å². The molecule has 1 aliphatic carbocycles. The number of hydrogen-bond acceptors (Lipinski definition) is 9. The smallest absolute Gasteiger partial charge is 0.296 e. The van der Waals surface area contributed by atoms with Crippen molar-refractivity contribution in [1.82, 2.24) is 15.0 Å². The van der Waals surface area contributed by atoms with Crippen molar-refractivity contribution in [2.24, 2.45) is 5.92 Å². The van der Waals surface area contributed by atoms with Gasteiger partial charge in [0.1, 0.15) is 17.3 Å². The van der Waals surface area contributed by atoms with Crippen LogP contribution in [0.1, 0.15) is 47.1 Å². The number of halogens is 2. The highest BCUT2D eigenvalue weighted by Crippen LogP contribution is 2.36. The summed E-state index contributed by atoms with van der Waals surface area (Å²) >= 11 is 1.22. The van der Waals surface area contributed by atoms with Crippen molar-refractivity contribution in [3.05, 3.63) is 46.9 Å². The Kier molecular flexibility index (Phi) is 7.92. The van der Waals surface area contributed by atoms with Crippen LogP contribution in [0.15, 0.2) is 30.7 Å². The van der Waals surface area contributed by atoms with Crippen LogP contribution in [0.4, 0.5) is 19.7 Å². The molecule has 1 fully saturated rings. The second-order valence-corrected chi connectivity index (χ2v) is 9.28. The number of amidine groups is 1. The fourth-order valence-electron chi connectivity index (χ4n) is 3.26. The zero-order valence-electron chi connectivity index (χ0n) is 20.6. The maximum atomic E-state index is 13.5. The number of anilines is 2. The zero-order valence-corrected chi connectivity index (χ0v) is 21.4. The molecule has 0 spiro atoms. The van der Waals surface area contributed by atoms with E-state index in [2.05, 4.69) is 32.1 Å². The molecule has 0 atom stereocenters. The number of methoxy groups -OCH3 is 1. The predicted octanol–water partition coefficient (Wildman–Crippen LogP) is 4.94. The molecule has 1 aliphatic rings. The Morgan fingerprint density at radius 2 is 1.95 bits per heavy atom. The van der Waals surface area contributed by atoms with Crippen LogP contribution in [0, 0.1) is 28.6 Å². The number of alkyl halides is 2. The molecule has 0 saturated heterocycles. The minimum atomic E-state index is -2.86. The number of pyridine rings is 2. The van der Waals surface area contributed by atoms with Crippen LogP contribution in [0.3, 0.4) is 0 Å². The number of amides is 1. The van der Waals surface area contributed by atoms with Gasteiger partial charge in [-0.1, -0.05) is 23.2 Å². The van der Waals surface area contributed by atoms with E-state index in [1.807, 2.05) is 0 Å². The number of carbonyl (C=O) groups is 1. The number of aromatic nitrogens is 3. The topological polar surface area (TPSA) is 137 Å². The highest BCUT2D eigenvalue weighted by Gasteiger charge is 2.23. The first-order valence-electron chi connectivity index (χ1n) is 11.3. The fraction of sp³-hybridized carbons (Fsp3) is 0.280. The Labute approximate surface area is 221 Å². The summed E-state index contributed by atoms with van der Waals surface area (Å²) in [7, 11) is 2.83. The lowest BCUT2D eigenvalue weighted by Crippen LogP contribution is -2.30. The summed E-state index contributed by atoms with van der Waals surface area (Å²) in [5, 5.41) is 18.5. The van der Waals surface area contributed by atoms with E-state index >= 15 is 0 Å². The Balaban J connectivity index is 1.74. The second kappa shape index (κ2) is 11.3. The van der Waals surface area contributed by atoms with Crippen molar-refractivity contribution in [2.75, 3.05) is 24.4 Å². The van der Waals surface area contributed by atoms with Crippen molar-refractivity contribution in [1.29, 1.82) is 10.8 Å². The maximum Gasteiger partial charge on any atom is 0.296 e. The predicted molar refractivity (Wildman–Crippen MR) is 139 cm³/mol. The molecule has 0 aliphatic heterocycles. The molecule has 3 heterocycles. The molecule has 3 aromatic rings. The van der Waals surface area contributed by atoms with E-state index in [0.29, 0.717) is 15.9 Å². The minimum absolute atomic E-state index is 0.0448. The summed E-state index contributed by atoms with van der Waals surface area (Å²) in [6, 6.07) is 2.18. The van der Waals surface area contributed by atoms with Gasteiger partial charge in [0, 0.05) is 37.2 Å². The van der Waals surface area contributed by atoms with Crippen molar-refractivity contribution in [2.45, 2.75) is 26.2 Å². The number of nitrogens with one attached hydrogen (secondary N) is 3. The molecule has 1 saturated carbocycles. The van der Waals surface area contributed by atoms with E-state index in [1.54, 1.807) is 6.20 Å². The van der Waals surface area contributed by atoms with Gasteiger partial charge in [-0.05, 0) is 25.0 Å². The largest absolute Gasteiger partial charge is 0.494 e. The third kappa shape index (κ3) is 6.27. The average Bonchev–Trinajstić information content (AvgIpc) is 3.63. The molecule has 0 bridgehead atoms. The van der Waals surface area contributed by atoms with E-state index in [1.165, 1.54) is 49.6 Å². The molecule has 0 radical (unpaired) electrons. The van der Waals surface area contributed by atoms with Gasteiger partial charge >= 0.3 is 0 Å². The third-order valence-corrected chi connectivity index (χ3v) is 6.19. The SMILES string of the molecule is COc1cnc(C(F)F)cc1-c1cc(N(C)C(=N)OC(C)=N)ncc1C(=O)Nc1ncc(C#CC2CC2)s1. The lowest BCUT2D eigenvalue weighted by Gasteiger charge is -2.20. The molecule has 0 aromatic carbocycles. The standard InChI is InChI=1S/C25H23F2N7O3S/c1-13(28)37-24(29)34(2)21-9-16(17-8-19(22(26)27)30-12-20(17)36-3)18(11-31-21)23(35)33-25-32-10-15(38-25)7-6-14-4-5-14/h8-12,14,22,28-29H,4-5H2,1-3H3,(H,32,33,35). The second-order valence-electron chi connectivity index (χ2n) is 8.25. The molecule has 13 heteroatoms. The summed E-state index contributed by atoms with van der Waals surface area (Å²) in [6.45, 7) is 1.37. The Morgan fingerprint density at radius 1 is 1.18 bits per heavy atom. The molecule has 3 N–H and O–H groups in total. The van der Waals surface area contributed by atoms with Crippen LogP contribution >= 0.6 is 11.3 Å². The number of rotatable bonds is 6. The normalized spacial score (nSPS) is 12.4. The highest BCUT2D eigenvalue weighted by atomic mass is 32.1. The fourth-order valence-corrected chi connectivity index (χ4v) is 3.93. The molecular weight excluding hydrogens is 516 g/mol. The average molecular weight is 540 g/mol. The van der Waals surface area contributed by atoms with Gasteiger partial charge in [0.2, 0.25) is 0 Å². The van der Waals surface area contributed by atoms with E-state index in [-0.39, 0.29) is 34.2 Å². The first kappa shape index (κ1) is 26.6. The van der Waals surface area contributed by atoms with Gasteiger partial charge in [-0.2, -0.15) is 0 Å². The quantitative estimate of drug-likeness (QED) is 0.229. The molecule has 1 amide bonds. The van der Waals surface area contributed by atoms with Crippen molar-refractivity contribution >= 4 is 40.1 Å². The van der Waals surface area contributed by atoms with Gasteiger partial charge in [-0.15, -0.1) is 0 Å². The van der Waals surface area contributed by atoms with E-state index in [0.717, 1.165) is 25.1 Å². The molecule has 3 aromatic heterocycles. The summed E-state index contributed by atoms with van der Waals surface area (Å²) in [5.74, 6) is 6.12. The summed E-state index contributed by atoms with van der Waals surface area (Å²) in [4.78, 5) is 27.5. The zero-order chi connectivity index (χ0) is 27.4. The number of ether oxygens (including phenoxy) is 2. The van der Waals surface area contributed by atoms with Crippen LogP contribution in [-0.4, -0.2) is 46.9 Å². The first-order chi connectivity index (χ1) is 18.2. The number of carbonyl (C=O) groups excluding carboxylic acids is 1. The van der Waals surface area contributed by atoms with E-state index in [4.69, 9.17) is 20.3 Å². The van der Waals surface area contributed by atoms with Gasteiger partial charge in [0.25, 0.3) is 18.4 Å². The molecular formula is C25H23F2N7O3S. The molecule has 4 rings (SSSR count). The van der Waals surface area contributed by atoms with Gasteiger partial charge in [-0.3, -0.25) is 30.8 Å². The molecule has 196 valence electrons. The number of nitrogens with zero attached hydrogens (tertiary/aromatic N) is 4.